The Morgan fingerprint density at radius 1 is 1.53 bits per heavy atom. The third kappa shape index (κ3) is 1.84. The second kappa shape index (κ2) is 4.08. The van der Waals surface area contributed by atoms with Crippen LogP contribution >= 0.6 is 0 Å². The van der Waals surface area contributed by atoms with Gasteiger partial charge >= 0.3 is 6.03 Å². The van der Waals surface area contributed by atoms with Gasteiger partial charge in [-0.3, -0.25) is 4.79 Å². The van der Waals surface area contributed by atoms with Crippen LogP contribution in [0, 0.1) is 0 Å². The first-order valence-corrected chi connectivity index (χ1v) is 5.31. The number of rotatable bonds is 2. The van der Waals surface area contributed by atoms with Crippen LogP contribution in [0.25, 0.3) is 0 Å². The summed E-state index contributed by atoms with van der Waals surface area (Å²) in [6, 6.07) is 2.74. The summed E-state index contributed by atoms with van der Waals surface area (Å²) in [6.45, 7) is 3.24. The maximum Gasteiger partial charge on any atom is 0.322 e. The predicted molar refractivity (Wildman–Crippen MR) is 61.1 cm³/mol. The molecule has 2 rings (SSSR count). The van der Waals surface area contributed by atoms with Crippen molar-refractivity contribution in [1.29, 1.82) is 0 Å². The molecule has 1 N–H and O–H groups in total. The lowest BCUT2D eigenvalue weighted by Gasteiger charge is -2.32. The van der Waals surface area contributed by atoms with Gasteiger partial charge in [-0.25, -0.2) is 4.79 Å². The van der Waals surface area contributed by atoms with Gasteiger partial charge in [-0.1, -0.05) is 0 Å². The van der Waals surface area contributed by atoms with Crippen molar-refractivity contribution in [1.82, 2.24) is 10.2 Å². The number of carbonyl (C=O) groups excluding carboxylic acids is 2. The number of urea groups is 1. The van der Waals surface area contributed by atoms with Gasteiger partial charge in [-0.2, -0.15) is 0 Å². The Bertz CT molecular complexity index is 488. The van der Waals surface area contributed by atoms with Crippen LogP contribution in [0.15, 0.2) is 34.1 Å². The molecule has 0 radical (unpaired) electrons. The van der Waals surface area contributed by atoms with E-state index in [1.54, 1.807) is 26.1 Å². The molecule has 0 fully saturated rings. The fourth-order valence-electron chi connectivity index (χ4n) is 1.96. The van der Waals surface area contributed by atoms with Crippen LogP contribution in [0.2, 0.25) is 0 Å². The Morgan fingerprint density at radius 2 is 2.24 bits per heavy atom. The Hall–Kier alpha value is -2.04. The van der Waals surface area contributed by atoms with Crippen molar-refractivity contribution in [2.24, 2.45) is 0 Å². The van der Waals surface area contributed by atoms with E-state index in [2.05, 4.69) is 5.32 Å². The molecule has 2 amide bonds. The first kappa shape index (κ1) is 11.4. The summed E-state index contributed by atoms with van der Waals surface area (Å²) in [6.07, 6.45) is 1.52. The lowest BCUT2D eigenvalue weighted by Crippen LogP contribution is -2.45. The molecule has 1 aromatic heterocycles. The van der Waals surface area contributed by atoms with E-state index in [1.165, 1.54) is 18.1 Å². The highest BCUT2D eigenvalue weighted by molar-refractivity contribution is 5.98. The highest BCUT2D eigenvalue weighted by Crippen LogP contribution is 2.30. The molecule has 1 atom stereocenters. The molecular formula is C12H14N2O3. The number of hydrogen-bond acceptors (Lipinski definition) is 3. The standard InChI is InChI=1S/C12H14N2O3/c1-7-10(8(2)15)11(9-5-4-6-17-9)13-12(16)14(7)3/h4-6,11H,1-3H3,(H,13,16)/t11-/m0/s1. The van der Waals surface area contributed by atoms with E-state index in [4.69, 9.17) is 4.42 Å². The Morgan fingerprint density at radius 3 is 2.76 bits per heavy atom. The maximum atomic E-state index is 11.7. The second-order valence-electron chi connectivity index (χ2n) is 4.01. The van der Waals surface area contributed by atoms with Gasteiger partial charge < -0.3 is 14.6 Å². The summed E-state index contributed by atoms with van der Waals surface area (Å²) in [5.74, 6) is 0.492. The van der Waals surface area contributed by atoms with Crippen LogP contribution in [0.5, 0.6) is 0 Å². The number of allylic oxidation sites excluding steroid dienone is 1. The summed E-state index contributed by atoms with van der Waals surface area (Å²) in [5.41, 5.74) is 1.21. The molecule has 0 bridgehead atoms. The Balaban J connectivity index is 2.51. The zero-order chi connectivity index (χ0) is 12.6. The third-order valence-corrected chi connectivity index (χ3v) is 2.96. The van der Waals surface area contributed by atoms with E-state index in [0.717, 1.165) is 0 Å². The van der Waals surface area contributed by atoms with Gasteiger partial charge in [0.1, 0.15) is 11.8 Å². The molecule has 0 unspecified atom stereocenters. The van der Waals surface area contributed by atoms with Crippen molar-refractivity contribution < 1.29 is 14.0 Å². The average molecular weight is 234 g/mol. The topological polar surface area (TPSA) is 62.6 Å². The predicted octanol–water partition coefficient (Wildman–Crippen LogP) is 1.84. The molecule has 1 aliphatic rings. The molecule has 0 spiro atoms. The number of Topliss-reactive ketones (excluding diaryl/α,β-unsaturated/α-hetero) is 1. The largest absolute Gasteiger partial charge is 0.467 e. The van der Waals surface area contributed by atoms with Gasteiger partial charge in [0.05, 0.1) is 6.26 Å². The fraction of sp³-hybridized carbons (Fsp3) is 0.333. The van der Waals surface area contributed by atoms with Gasteiger partial charge in [0.15, 0.2) is 5.78 Å². The van der Waals surface area contributed by atoms with E-state index < -0.39 is 6.04 Å². The zero-order valence-corrected chi connectivity index (χ0v) is 9.98. The highest BCUT2D eigenvalue weighted by atomic mass is 16.3. The van der Waals surface area contributed by atoms with Crippen LogP contribution in [0.3, 0.4) is 0 Å². The molecular weight excluding hydrogens is 220 g/mol. The monoisotopic (exact) mass is 234 g/mol. The summed E-state index contributed by atoms with van der Waals surface area (Å²) in [7, 11) is 1.63. The number of amides is 2. The van der Waals surface area contributed by atoms with Crippen molar-refractivity contribution in [3.05, 3.63) is 35.4 Å². The summed E-state index contributed by atoms with van der Waals surface area (Å²) in [5, 5.41) is 2.74. The van der Waals surface area contributed by atoms with Crippen molar-refractivity contribution in [3.8, 4) is 0 Å². The van der Waals surface area contributed by atoms with E-state index in [0.29, 0.717) is 17.0 Å². The van der Waals surface area contributed by atoms with E-state index in [-0.39, 0.29) is 11.8 Å². The van der Waals surface area contributed by atoms with Crippen LogP contribution in [0.4, 0.5) is 4.79 Å². The van der Waals surface area contributed by atoms with Crippen molar-refractivity contribution in [2.45, 2.75) is 19.9 Å². The molecule has 1 aliphatic heterocycles. The number of carbonyl (C=O) groups is 2. The van der Waals surface area contributed by atoms with E-state index in [9.17, 15) is 9.59 Å². The zero-order valence-electron chi connectivity index (χ0n) is 9.98. The molecule has 1 aromatic rings. The maximum absolute atomic E-state index is 11.7. The Kier molecular flexibility index (Phi) is 2.75. The first-order valence-electron chi connectivity index (χ1n) is 5.31. The third-order valence-electron chi connectivity index (χ3n) is 2.96. The van der Waals surface area contributed by atoms with Gasteiger partial charge in [-0.05, 0) is 26.0 Å². The van der Waals surface area contributed by atoms with Crippen molar-refractivity contribution in [3.63, 3.8) is 0 Å². The van der Waals surface area contributed by atoms with E-state index >= 15 is 0 Å². The number of nitrogens with one attached hydrogen (secondary N) is 1. The van der Waals surface area contributed by atoms with Crippen LogP contribution in [-0.4, -0.2) is 23.8 Å². The van der Waals surface area contributed by atoms with E-state index in [1.807, 2.05) is 0 Å². The van der Waals surface area contributed by atoms with Crippen LogP contribution in [0.1, 0.15) is 25.6 Å². The molecule has 90 valence electrons. The molecule has 0 saturated heterocycles. The van der Waals surface area contributed by atoms with Gasteiger partial charge in [0.25, 0.3) is 0 Å². The van der Waals surface area contributed by atoms with Crippen LogP contribution in [-0.2, 0) is 4.79 Å². The molecule has 0 aromatic carbocycles. The summed E-state index contributed by atoms with van der Waals surface area (Å²) < 4.78 is 5.27. The molecule has 5 nitrogen and oxygen atoms in total. The van der Waals surface area contributed by atoms with Crippen molar-refractivity contribution >= 4 is 11.8 Å². The SMILES string of the molecule is CC(=O)C1=C(C)N(C)C(=O)N[C@H]1c1ccco1. The first-order chi connectivity index (χ1) is 8.02. The number of nitrogens with zero attached hydrogens (tertiary/aromatic N) is 1. The number of ketones is 1. The quantitative estimate of drug-likeness (QED) is 0.849. The minimum atomic E-state index is -0.494. The van der Waals surface area contributed by atoms with Gasteiger partial charge in [0, 0.05) is 18.3 Å². The van der Waals surface area contributed by atoms with Gasteiger partial charge in [-0.15, -0.1) is 0 Å². The van der Waals surface area contributed by atoms with Gasteiger partial charge in [0.2, 0.25) is 0 Å². The molecule has 0 saturated carbocycles. The minimum absolute atomic E-state index is 0.0734. The number of hydrogen-bond donors (Lipinski definition) is 1. The minimum Gasteiger partial charge on any atom is -0.467 e. The lowest BCUT2D eigenvalue weighted by molar-refractivity contribution is -0.114. The average Bonchev–Trinajstić information content (AvgIpc) is 2.77. The van der Waals surface area contributed by atoms with Crippen molar-refractivity contribution in [2.75, 3.05) is 7.05 Å². The lowest BCUT2D eigenvalue weighted by atomic mass is 9.97. The highest BCUT2D eigenvalue weighted by Gasteiger charge is 2.33. The summed E-state index contributed by atoms with van der Waals surface area (Å²) >= 11 is 0. The normalized spacial score (nSPS) is 20.5. The molecule has 0 aliphatic carbocycles. The smallest absolute Gasteiger partial charge is 0.322 e. The molecule has 17 heavy (non-hydrogen) atoms. The number of furan rings is 1. The summed E-state index contributed by atoms with van der Waals surface area (Å²) in [4.78, 5) is 24.8. The molecule has 5 heteroatoms. The fourth-order valence-corrected chi connectivity index (χ4v) is 1.96. The second-order valence-corrected chi connectivity index (χ2v) is 4.01. The van der Waals surface area contributed by atoms with Crippen LogP contribution < -0.4 is 5.32 Å². The molecule has 2 heterocycles. The Labute approximate surface area is 99.1 Å².